The van der Waals surface area contributed by atoms with Crippen molar-refractivity contribution in [1.82, 2.24) is 9.55 Å². The third-order valence-corrected chi connectivity index (χ3v) is 2.67. The molecule has 0 aliphatic heterocycles. The fourth-order valence-electron chi connectivity index (χ4n) is 1.73. The van der Waals surface area contributed by atoms with E-state index in [-0.39, 0.29) is 5.69 Å². The van der Waals surface area contributed by atoms with Crippen LogP contribution in [-0.2, 0) is 7.05 Å². The number of ether oxygens (including phenoxy) is 1. The smallest absolute Gasteiger partial charge is 0.350 e. The molecule has 4 nitrogen and oxygen atoms in total. The fraction of sp³-hybridized carbons (Fsp3) is 0.467. The van der Waals surface area contributed by atoms with Crippen molar-refractivity contribution in [2.24, 2.45) is 7.05 Å². The van der Waals surface area contributed by atoms with Gasteiger partial charge in [-0.3, -0.25) is 0 Å². The van der Waals surface area contributed by atoms with Crippen LogP contribution in [0.5, 0.6) is 5.88 Å². The maximum Gasteiger partial charge on any atom is 0.350 e. The Balaban J connectivity index is 0.000000861. The zero-order valence-electron chi connectivity index (χ0n) is 12.1. The Hall–Kier alpha value is -1.84. The highest BCUT2D eigenvalue weighted by molar-refractivity contribution is 5.25. The van der Waals surface area contributed by atoms with Crippen molar-refractivity contribution in [2.75, 3.05) is 6.61 Å². The van der Waals surface area contributed by atoms with Gasteiger partial charge in [0.1, 0.15) is 6.61 Å². The minimum atomic E-state index is -0.293. The van der Waals surface area contributed by atoms with Gasteiger partial charge >= 0.3 is 5.69 Å². The van der Waals surface area contributed by atoms with Crippen molar-refractivity contribution >= 4 is 0 Å². The number of rotatable bonds is 3. The summed E-state index contributed by atoms with van der Waals surface area (Å²) in [4.78, 5) is 15.3. The Morgan fingerprint density at radius 2 is 2.11 bits per heavy atom. The summed E-state index contributed by atoms with van der Waals surface area (Å²) in [5.74, 6) is 0.424. The van der Waals surface area contributed by atoms with E-state index in [0.29, 0.717) is 12.5 Å². The van der Waals surface area contributed by atoms with E-state index in [9.17, 15) is 4.79 Å². The lowest BCUT2D eigenvalue weighted by Gasteiger charge is -2.10. The van der Waals surface area contributed by atoms with E-state index in [0.717, 1.165) is 24.0 Å². The van der Waals surface area contributed by atoms with Gasteiger partial charge in [-0.2, -0.15) is 4.98 Å². The van der Waals surface area contributed by atoms with Gasteiger partial charge in [0.15, 0.2) is 0 Å². The van der Waals surface area contributed by atoms with Crippen molar-refractivity contribution in [1.29, 1.82) is 0 Å². The third kappa shape index (κ3) is 4.39. The van der Waals surface area contributed by atoms with Crippen molar-refractivity contribution in [3.8, 4) is 5.88 Å². The van der Waals surface area contributed by atoms with Gasteiger partial charge in [-0.05, 0) is 25.3 Å². The van der Waals surface area contributed by atoms with E-state index in [2.05, 4.69) is 23.2 Å². The van der Waals surface area contributed by atoms with Crippen LogP contribution in [0.3, 0.4) is 0 Å². The van der Waals surface area contributed by atoms with Crippen LogP contribution < -0.4 is 10.4 Å². The average molecular weight is 262 g/mol. The van der Waals surface area contributed by atoms with E-state index in [1.54, 1.807) is 13.2 Å². The first-order valence-electron chi connectivity index (χ1n) is 6.69. The topological polar surface area (TPSA) is 44.1 Å². The highest BCUT2D eigenvalue weighted by Gasteiger charge is 2.05. The lowest BCUT2D eigenvalue weighted by Crippen LogP contribution is -2.21. The van der Waals surface area contributed by atoms with Crippen LogP contribution in [0, 0.1) is 6.92 Å². The second kappa shape index (κ2) is 7.56. The van der Waals surface area contributed by atoms with Gasteiger partial charge in [-0.15, -0.1) is 0 Å². The number of aromatic nitrogens is 2. The van der Waals surface area contributed by atoms with Gasteiger partial charge in [0.25, 0.3) is 0 Å². The highest BCUT2D eigenvalue weighted by atomic mass is 16.5. The van der Waals surface area contributed by atoms with Gasteiger partial charge in [0.2, 0.25) is 5.88 Å². The third-order valence-electron chi connectivity index (χ3n) is 2.67. The summed E-state index contributed by atoms with van der Waals surface area (Å²) in [5.41, 5.74) is 1.71. The van der Waals surface area contributed by atoms with Gasteiger partial charge in [-0.1, -0.05) is 32.1 Å². The number of hydrogen-bond donors (Lipinski definition) is 0. The predicted octanol–water partition coefficient (Wildman–Crippen LogP) is 2.77. The van der Waals surface area contributed by atoms with E-state index in [1.807, 2.05) is 20.8 Å². The molecule has 0 aromatic carbocycles. The van der Waals surface area contributed by atoms with Crippen LogP contribution >= 0.6 is 0 Å². The molecule has 0 radical (unpaired) electrons. The minimum Gasteiger partial charge on any atom is -0.472 e. The molecule has 1 aromatic heterocycles. The minimum absolute atomic E-state index is 0.293. The first-order valence-corrected chi connectivity index (χ1v) is 6.69. The Morgan fingerprint density at radius 3 is 2.74 bits per heavy atom. The molecule has 1 aliphatic carbocycles. The SMILES string of the molecule is CC.Cc1cn(C)c(=O)nc1OCC1=CCCC=C1. The Labute approximate surface area is 114 Å². The van der Waals surface area contributed by atoms with Crippen LogP contribution in [0.4, 0.5) is 0 Å². The molecule has 0 saturated carbocycles. The van der Waals surface area contributed by atoms with Crippen LogP contribution in [0.15, 0.2) is 34.8 Å². The summed E-state index contributed by atoms with van der Waals surface area (Å²) in [7, 11) is 1.68. The fourth-order valence-corrected chi connectivity index (χ4v) is 1.73. The van der Waals surface area contributed by atoms with Crippen molar-refractivity contribution < 1.29 is 4.74 Å². The van der Waals surface area contributed by atoms with E-state index in [4.69, 9.17) is 4.74 Å². The van der Waals surface area contributed by atoms with Gasteiger partial charge in [-0.25, -0.2) is 4.79 Å². The highest BCUT2D eigenvalue weighted by Crippen LogP contribution is 2.14. The summed E-state index contributed by atoms with van der Waals surface area (Å²) in [5, 5.41) is 0. The molecule has 0 N–H and O–H groups in total. The molecule has 0 unspecified atom stereocenters. The molecule has 0 atom stereocenters. The second-order valence-electron chi connectivity index (χ2n) is 4.17. The lowest BCUT2D eigenvalue weighted by atomic mass is 10.1. The molecule has 2 rings (SSSR count). The summed E-state index contributed by atoms with van der Waals surface area (Å²) in [6.07, 6.45) is 10.2. The largest absolute Gasteiger partial charge is 0.472 e. The maximum absolute atomic E-state index is 11.4. The second-order valence-corrected chi connectivity index (χ2v) is 4.17. The Kier molecular flexibility index (Phi) is 6.06. The molecule has 0 saturated heterocycles. The first kappa shape index (κ1) is 15.2. The monoisotopic (exact) mass is 262 g/mol. The Morgan fingerprint density at radius 1 is 1.37 bits per heavy atom. The molecular formula is C15H22N2O2. The number of hydrogen-bond acceptors (Lipinski definition) is 3. The number of aryl methyl sites for hydroxylation is 2. The first-order chi connectivity index (χ1) is 9.16. The molecule has 4 heteroatoms. The molecule has 19 heavy (non-hydrogen) atoms. The van der Waals surface area contributed by atoms with Crippen molar-refractivity contribution in [3.05, 3.63) is 46.0 Å². The van der Waals surface area contributed by atoms with Gasteiger partial charge in [0.05, 0.1) is 0 Å². The van der Waals surface area contributed by atoms with E-state index >= 15 is 0 Å². The summed E-state index contributed by atoms with van der Waals surface area (Å²) < 4.78 is 7.01. The quantitative estimate of drug-likeness (QED) is 0.841. The zero-order valence-corrected chi connectivity index (χ0v) is 12.1. The molecule has 0 spiro atoms. The van der Waals surface area contributed by atoms with Crippen LogP contribution in [0.1, 0.15) is 32.3 Å². The predicted molar refractivity (Wildman–Crippen MR) is 77.5 cm³/mol. The standard InChI is InChI=1S/C13H16N2O2.C2H6/c1-10-8-15(2)13(16)14-12(10)17-9-11-6-4-3-5-7-11;1-2/h4,6-8H,3,5,9H2,1-2H3;1-2H3. The molecular weight excluding hydrogens is 240 g/mol. The van der Waals surface area contributed by atoms with Crippen molar-refractivity contribution in [2.45, 2.75) is 33.6 Å². The van der Waals surface area contributed by atoms with E-state index in [1.165, 1.54) is 4.57 Å². The van der Waals surface area contributed by atoms with Gasteiger partial charge < -0.3 is 9.30 Å². The lowest BCUT2D eigenvalue weighted by molar-refractivity contribution is 0.334. The van der Waals surface area contributed by atoms with Gasteiger partial charge in [0, 0.05) is 18.8 Å². The van der Waals surface area contributed by atoms with Crippen LogP contribution in [0.2, 0.25) is 0 Å². The molecule has 1 aliphatic rings. The molecule has 1 heterocycles. The zero-order chi connectivity index (χ0) is 14.3. The molecule has 104 valence electrons. The number of nitrogens with zero attached hydrogens (tertiary/aromatic N) is 2. The van der Waals surface area contributed by atoms with Crippen LogP contribution in [-0.4, -0.2) is 16.2 Å². The molecule has 0 amide bonds. The number of allylic oxidation sites excluding steroid dienone is 2. The molecule has 1 aromatic rings. The maximum atomic E-state index is 11.4. The average Bonchev–Trinajstić information content (AvgIpc) is 2.45. The van der Waals surface area contributed by atoms with Crippen LogP contribution in [0.25, 0.3) is 0 Å². The van der Waals surface area contributed by atoms with E-state index < -0.39 is 0 Å². The normalized spacial score (nSPS) is 13.4. The summed E-state index contributed by atoms with van der Waals surface area (Å²) in [6, 6.07) is 0. The summed E-state index contributed by atoms with van der Waals surface area (Å²) in [6.45, 7) is 6.35. The molecule has 0 fully saturated rings. The molecule has 0 bridgehead atoms. The Bertz CT molecular complexity index is 527. The van der Waals surface area contributed by atoms with Crippen molar-refractivity contribution in [3.63, 3.8) is 0 Å². The summed E-state index contributed by atoms with van der Waals surface area (Å²) >= 11 is 0.